The number of para-hydroxylation sites is 1. The minimum atomic E-state index is -0.715. The van der Waals surface area contributed by atoms with Crippen molar-refractivity contribution in [1.82, 2.24) is 15.1 Å². The first kappa shape index (κ1) is 16.7. The van der Waals surface area contributed by atoms with Crippen molar-refractivity contribution in [2.45, 2.75) is 19.6 Å². The Bertz CT molecular complexity index is 849. The molecule has 0 saturated heterocycles. The summed E-state index contributed by atoms with van der Waals surface area (Å²) in [5, 5.41) is 7.02. The van der Waals surface area contributed by atoms with Crippen molar-refractivity contribution < 1.29 is 13.9 Å². The van der Waals surface area contributed by atoms with Gasteiger partial charge in [-0.05, 0) is 36.8 Å². The fourth-order valence-corrected chi connectivity index (χ4v) is 2.31. The first-order valence-electron chi connectivity index (χ1n) is 7.92. The molecule has 1 N–H and O–H groups in total. The summed E-state index contributed by atoms with van der Waals surface area (Å²) in [5.41, 5.74) is 1.59. The molecule has 0 aliphatic carbocycles. The highest BCUT2D eigenvalue weighted by molar-refractivity contribution is 5.80. The number of rotatable bonds is 6. The van der Waals surface area contributed by atoms with Crippen molar-refractivity contribution in [2.24, 2.45) is 0 Å². The quantitative estimate of drug-likeness (QED) is 0.751. The summed E-state index contributed by atoms with van der Waals surface area (Å²) in [7, 11) is 0. The zero-order valence-electron chi connectivity index (χ0n) is 13.7. The maximum Gasteiger partial charge on any atom is 0.261 e. The Morgan fingerprint density at radius 3 is 2.76 bits per heavy atom. The number of benzene rings is 2. The molecule has 2 aromatic carbocycles. The number of carbonyl (C=O) groups is 1. The van der Waals surface area contributed by atoms with Gasteiger partial charge >= 0.3 is 0 Å². The van der Waals surface area contributed by atoms with Gasteiger partial charge in [0.15, 0.2) is 6.10 Å². The van der Waals surface area contributed by atoms with E-state index in [-0.39, 0.29) is 18.3 Å². The lowest BCUT2D eigenvalue weighted by Gasteiger charge is -2.13. The van der Waals surface area contributed by atoms with Crippen molar-refractivity contribution in [3.63, 3.8) is 0 Å². The molecular weight excluding hydrogens is 321 g/mol. The van der Waals surface area contributed by atoms with E-state index in [0.29, 0.717) is 11.4 Å². The van der Waals surface area contributed by atoms with E-state index >= 15 is 0 Å². The average molecular weight is 339 g/mol. The van der Waals surface area contributed by atoms with E-state index in [4.69, 9.17) is 4.74 Å². The summed E-state index contributed by atoms with van der Waals surface area (Å²) in [4.78, 5) is 12.1. The third kappa shape index (κ3) is 4.44. The summed E-state index contributed by atoms with van der Waals surface area (Å²) in [5.74, 6) is -0.265. The molecule has 0 fully saturated rings. The molecule has 1 unspecified atom stereocenters. The zero-order valence-corrected chi connectivity index (χ0v) is 13.7. The lowest BCUT2D eigenvalue weighted by molar-refractivity contribution is -0.127. The molecule has 1 amide bonds. The van der Waals surface area contributed by atoms with Crippen LogP contribution >= 0.6 is 0 Å². The number of hydrogen-bond donors (Lipinski definition) is 1. The predicted molar refractivity (Wildman–Crippen MR) is 91.9 cm³/mol. The second-order valence-electron chi connectivity index (χ2n) is 5.54. The van der Waals surface area contributed by atoms with Crippen LogP contribution in [0.2, 0.25) is 0 Å². The lowest BCUT2D eigenvalue weighted by atomic mass is 10.2. The minimum absolute atomic E-state index is 0.239. The van der Waals surface area contributed by atoms with Crippen molar-refractivity contribution >= 4 is 5.91 Å². The van der Waals surface area contributed by atoms with Gasteiger partial charge < -0.3 is 10.1 Å². The maximum absolute atomic E-state index is 13.1. The van der Waals surface area contributed by atoms with E-state index in [9.17, 15) is 9.18 Å². The van der Waals surface area contributed by atoms with Gasteiger partial charge in [-0.1, -0.05) is 30.3 Å². The molecule has 0 radical (unpaired) electrons. The number of amides is 1. The van der Waals surface area contributed by atoms with Gasteiger partial charge in [0.05, 0.1) is 5.69 Å². The number of nitrogens with zero attached hydrogens (tertiary/aromatic N) is 2. The summed E-state index contributed by atoms with van der Waals surface area (Å²) < 4.78 is 20.4. The number of ether oxygens (including phenoxy) is 1. The highest BCUT2D eigenvalue weighted by Crippen LogP contribution is 2.13. The van der Waals surface area contributed by atoms with Crippen molar-refractivity contribution in [2.75, 3.05) is 0 Å². The first-order chi connectivity index (χ1) is 12.1. The van der Waals surface area contributed by atoms with Gasteiger partial charge in [-0.3, -0.25) is 4.79 Å². The normalized spacial score (nSPS) is 11.8. The van der Waals surface area contributed by atoms with Crippen LogP contribution in [0.15, 0.2) is 66.9 Å². The van der Waals surface area contributed by atoms with Crippen LogP contribution in [0.4, 0.5) is 4.39 Å². The zero-order chi connectivity index (χ0) is 17.6. The summed E-state index contributed by atoms with van der Waals surface area (Å²) in [6.45, 7) is 1.88. The molecule has 1 heterocycles. The fourth-order valence-electron chi connectivity index (χ4n) is 2.31. The number of hydrogen-bond acceptors (Lipinski definition) is 3. The summed E-state index contributed by atoms with van der Waals surface area (Å²) in [6, 6.07) is 17.4. The standard InChI is InChI=1S/C19H18FN3O2/c1-14(19(24)21-13-15-6-5-7-16(20)12-15)25-18-10-11-23(22-18)17-8-3-2-4-9-17/h2-12,14H,13H2,1H3,(H,21,24). The molecule has 3 aromatic rings. The van der Waals surface area contributed by atoms with Crippen LogP contribution in [-0.2, 0) is 11.3 Å². The SMILES string of the molecule is CC(Oc1ccn(-c2ccccc2)n1)C(=O)NCc1cccc(F)c1. The first-order valence-corrected chi connectivity index (χ1v) is 7.92. The van der Waals surface area contributed by atoms with Gasteiger partial charge in [-0.15, -0.1) is 5.10 Å². The molecule has 0 bridgehead atoms. The molecular formula is C19H18FN3O2. The van der Waals surface area contributed by atoms with Crippen molar-refractivity contribution in [1.29, 1.82) is 0 Å². The van der Waals surface area contributed by atoms with Crippen molar-refractivity contribution in [3.8, 4) is 11.6 Å². The number of halogens is 1. The van der Waals surface area contributed by atoms with Crippen LogP contribution < -0.4 is 10.1 Å². The molecule has 25 heavy (non-hydrogen) atoms. The van der Waals surface area contributed by atoms with E-state index in [1.54, 1.807) is 36.0 Å². The smallest absolute Gasteiger partial charge is 0.261 e. The monoisotopic (exact) mass is 339 g/mol. The van der Waals surface area contributed by atoms with Gasteiger partial charge in [-0.25, -0.2) is 9.07 Å². The van der Waals surface area contributed by atoms with Crippen molar-refractivity contribution in [3.05, 3.63) is 78.2 Å². The molecule has 0 aliphatic rings. The van der Waals surface area contributed by atoms with Gasteiger partial charge in [0, 0.05) is 18.8 Å². The third-order valence-corrected chi connectivity index (χ3v) is 3.61. The van der Waals surface area contributed by atoms with Crippen LogP contribution in [-0.4, -0.2) is 21.8 Å². The van der Waals surface area contributed by atoms with Crippen LogP contribution in [0.3, 0.4) is 0 Å². The van der Waals surface area contributed by atoms with Gasteiger partial charge in [0.1, 0.15) is 5.82 Å². The molecule has 128 valence electrons. The highest BCUT2D eigenvalue weighted by Gasteiger charge is 2.16. The predicted octanol–water partition coefficient (Wildman–Crippen LogP) is 3.10. The molecule has 0 aliphatic heterocycles. The molecule has 3 rings (SSSR count). The Hall–Kier alpha value is -3.15. The fraction of sp³-hybridized carbons (Fsp3) is 0.158. The highest BCUT2D eigenvalue weighted by atomic mass is 19.1. The van der Waals surface area contributed by atoms with E-state index in [1.165, 1.54) is 12.1 Å². The molecule has 0 saturated carbocycles. The Morgan fingerprint density at radius 1 is 1.20 bits per heavy atom. The van der Waals surface area contributed by atoms with E-state index in [0.717, 1.165) is 5.69 Å². The Kier molecular flexibility index (Phi) is 5.09. The lowest BCUT2D eigenvalue weighted by Crippen LogP contribution is -2.36. The van der Waals surface area contributed by atoms with Gasteiger partial charge in [0.25, 0.3) is 5.91 Å². The summed E-state index contributed by atoms with van der Waals surface area (Å²) >= 11 is 0. The minimum Gasteiger partial charge on any atom is -0.463 e. The number of aromatic nitrogens is 2. The largest absolute Gasteiger partial charge is 0.463 e. The molecule has 5 nitrogen and oxygen atoms in total. The topological polar surface area (TPSA) is 56.2 Å². The Labute approximate surface area is 145 Å². The van der Waals surface area contributed by atoms with E-state index in [1.807, 2.05) is 30.3 Å². The van der Waals surface area contributed by atoms with Crippen LogP contribution in [0.5, 0.6) is 5.88 Å². The average Bonchev–Trinajstić information content (AvgIpc) is 3.09. The molecule has 6 heteroatoms. The molecule has 1 aromatic heterocycles. The Morgan fingerprint density at radius 2 is 2.00 bits per heavy atom. The van der Waals surface area contributed by atoms with Gasteiger partial charge in [-0.2, -0.15) is 0 Å². The number of carbonyl (C=O) groups excluding carboxylic acids is 1. The van der Waals surface area contributed by atoms with E-state index < -0.39 is 6.10 Å². The van der Waals surface area contributed by atoms with Crippen LogP contribution in [0.1, 0.15) is 12.5 Å². The Balaban J connectivity index is 1.56. The van der Waals surface area contributed by atoms with Crippen LogP contribution in [0, 0.1) is 5.82 Å². The van der Waals surface area contributed by atoms with Gasteiger partial charge in [0.2, 0.25) is 5.88 Å². The maximum atomic E-state index is 13.1. The third-order valence-electron chi connectivity index (χ3n) is 3.61. The summed E-state index contributed by atoms with van der Waals surface area (Å²) in [6.07, 6.45) is 1.05. The second-order valence-corrected chi connectivity index (χ2v) is 5.54. The molecule has 1 atom stereocenters. The second kappa shape index (κ2) is 7.61. The number of nitrogens with one attached hydrogen (secondary N) is 1. The van der Waals surface area contributed by atoms with E-state index in [2.05, 4.69) is 10.4 Å². The molecule has 0 spiro atoms. The van der Waals surface area contributed by atoms with Crippen LogP contribution in [0.25, 0.3) is 5.69 Å².